The summed E-state index contributed by atoms with van der Waals surface area (Å²) in [6, 6.07) is 1.82. The first-order valence-electron chi connectivity index (χ1n) is 5.06. The van der Waals surface area contributed by atoms with E-state index in [-0.39, 0.29) is 5.91 Å². The number of hydrogen-bond acceptors (Lipinski definition) is 3. The third-order valence-corrected chi connectivity index (χ3v) is 2.39. The van der Waals surface area contributed by atoms with Crippen molar-refractivity contribution in [2.75, 3.05) is 26.2 Å². The molecule has 0 saturated carbocycles. The van der Waals surface area contributed by atoms with Crippen molar-refractivity contribution >= 4 is 12.0 Å². The minimum atomic E-state index is 0.0673. The van der Waals surface area contributed by atoms with Crippen LogP contribution in [0.5, 0.6) is 0 Å². The van der Waals surface area contributed by atoms with Crippen LogP contribution in [-0.2, 0) is 4.79 Å². The molecule has 2 heterocycles. The fourth-order valence-electron chi connectivity index (χ4n) is 1.53. The summed E-state index contributed by atoms with van der Waals surface area (Å²) in [5.41, 5.74) is 0.915. The van der Waals surface area contributed by atoms with Gasteiger partial charge in [-0.3, -0.25) is 4.79 Å². The third-order valence-electron chi connectivity index (χ3n) is 2.39. The zero-order valence-corrected chi connectivity index (χ0v) is 8.48. The molecule has 80 valence electrons. The van der Waals surface area contributed by atoms with Gasteiger partial charge in [0.25, 0.3) is 0 Å². The first-order chi connectivity index (χ1) is 7.36. The average Bonchev–Trinajstić information content (AvgIpc) is 2.80. The van der Waals surface area contributed by atoms with Crippen LogP contribution in [-0.4, -0.2) is 37.0 Å². The molecule has 1 aromatic rings. The topological polar surface area (TPSA) is 45.5 Å². The zero-order valence-electron chi connectivity index (χ0n) is 8.48. The predicted octanol–water partition coefficient (Wildman–Crippen LogP) is 0.725. The van der Waals surface area contributed by atoms with E-state index in [1.807, 2.05) is 11.0 Å². The summed E-state index contributed by atoms with van der Waals surface area (Å²) in [5, 5.41) is 3.21. The van der Waals surface area contributed by atoms with Crippen LogP contribution in [0.4, 0.5) is 0 Å². The van der Waals surface area contributed by atoms with Crippen LogP contribution >= 0.6 is 0 Å². The second kappa shape index (κ2) is 4.79. The quantitative estimate of drug-likeness (QED) is 0.725. The highest BCUT2D eigenvalue weighted by Crippen LogP contribution is 2.03. The number of hydrogen-bond donors (Lipinski definition) is 1. The van der Waals surface area contributed by atoms with Gasteiger partial charge in [-0.25, -0.2) is 0 Å². The number of nitrogens with zero attached hydrogens (tertiary/aromatic N) is 1. The molecule has 0 spiro atoms. The molecule has 1 N–H and O–H groups in total. The van der Waals surface area contributed by atoms with Crippen LogP contribution in [0.1, 0.15) is 5.56 Å². The van der Waals surface area contributed by atoms with Gasteiger partial charge in [0, 0.05) is 37.8 Å². The van der Waals surface area contributed by atoms with Crippen molar-refractivity contribution in [3.05, 3.63) is 30.2 Å². The molecule has 15 heavy (non-hydrogen) atoms. The van der Waals surface area contributed by atoms with E-state index in [9.17, 15) is 4.79 Å². The summed E-state index contributed by atoms with van der Waals surface area (Å²) < 4.78 is 4.91. The summed E-state index contributed by atoms with van der Waals surface area (Å²) in [6.45, 7) is 3.33. The fraction of sp³-hybridized carbons (Fsp3) is 0.364. The van der Waals surface area contributed by atoms with Crippen molar-refractivity contribution < 1.29 is 9.21 Å². The standard InChI is InChI=1S/C11H14N2O2/c14-11(13-6-4-12-5-7-13)2-1-10-3-8-15-9-10/h1-3,8-9,12H,4-7H2. The molecule has 1 aliphatic rings. The molecule has 4 heteroatoms. The zero-order chi connectivity index (χ0) is 10.5. The number of piperazine rings is 1. The summed E-state index contributed by atoms with van der Waals surface area (Å²) in [5.74, 6) is 0.0673. The summed E-state index contributed by atoms with van der Waals surface area (Å²) in [7, 11) is 0. The summed E-state index contributed by atoms with van der Waals surface area (Å²) in [6.07, 6.45) is 6.57. The van der Waals surface area contributed by atoms with Crippen LogP contribution in [0.15, 0.2) is 29.1 Å². The molecule has 0 aliphatic carbocycles. The van der Waals surface area contributed by atoms with E-state index in [0.29, 0.717) is 0 Å². The third kappa shape index (κ3) is 2.70. The molecule has 0 atom stereocenters. The molecule has 1 fully saturated rings. The van der Waals surface area contributed by atoms with Gasteiger partial charge >= 0.3 is 0 Å². The van der Waals surface area contributed by atoms with E-state index in [1.165, 1.54) is 0 Å². The van der Waals surface area contributed by atoms with E-state index in [1.54, 1.807) is 24.7 Å². The molecule has 0 aromatic carbocycles. The molecule has 0 radical (unpaired) electrons. The van der Waals surface area contributed by atoms with Crippen LogP contribution in [0, 0.1) is 0 Å². The second-order valence-corrected chi connectivity index (χ2v) is 3.47. The normalized spacial score (nSPS) is 17.2. The second-order valence-electron chi connectivity index (χ2n) is 3.47. The van der Waals surface area contributed by atoms with Crippen molar-refractivity contribution in [1.82, 2.24) is 10.2 Å². The predicted molar refractivity (Wildman–Crippen MR) is 57.2 cm³/mol. The van der Waals surface area contributed by atoms with Gasteiger partial charge in [-0.1, -0.05) is 0 Å². The first-order valence-corrected chi connectivity index (χ1v) is 5.06. The van der Waals surface area contributed by atoms with Gasteiger partial charge < -0.3 is 14.6 Å². The lowest BCUT2D eigenvalue weighted by atomic mass is 10.3. The number of carbonyl (C=O) groups excluding carboxylic acids is 1. The summed E-state index contributed by atoms with van der Waals surface area (Å²) >= 11 is 0. The van der Waals surface area contributed by atoms with E-state index in [4.69, 9.17) is 4.42 Å². The Hall–Kier alpha value is -1.55. The van der Waals surface area contributed by atoms with E-state index in [2.05, 4.69) is 5.32 Å². The monoisotopic (exact) mass is 206 g/mol. The Morgan fingerprint density at radius 2 is 2.27 bits per heavy atom. The molecule has 1 saturated heterocycles. The highest BCUT2D eigenvalue weighted by molar-refractivity contribution is 5.91. The van der Waals surface area contributed by atoms with Crippen molar-refractivity contribution in [3.8, 4) is 0 Å². The maximum Gasteiger partial charge on any atom is 0.246 e. The van der Waals surface area contributed by atoms with E-state index in [0.717, 1.165) is 31.7 Å². The first kappa shape index (κ1) is 9.98. The maximum absolute atomic E-state index is 11.7. The van der Waals surface area contributed by atoms with Crippen molar-refractivity contribution in [1.29, 1.82) is 0 Å². The molecular formula is C11H14N2O2. The Kier molecular flexibility index (Phi) is 3.19. The number of amides is 1. The Morgan fingerprint density at radius 1 is 1.47 bits per heavy atom. The van der Waals surface area contributed by atoms with Crippen LogP contribution in [0.25, 0.3) is 6.08 Å². The van der Waals surface area contributed by atoms with Gasteiger partial charge in [0.1, 0.15) is 0 Å². The highest BCUT2D eigenvalue weighted by Gasteiger charge is 2.12. The number of nitrogens with one attached hydrogen (secondary N) is 1. The Bertz CT molecular complexity index is 337. The van der Waals surface area contributed by atoms with Gasteiger partial charge in [0.05, 0.1) is 12.5 Å². The lowest BCUT2D eigenvalue weighted by Gasteiger charge is -2.26. The average molecular weight is 206 g/mol. The molecule has 2 rings (SSSR count). The molecule has 1 amide bonds. The molecule has 1 aliphatic heterocycles. The number of rotatable bonds is 2. The Morgan fingerprint density at radius 3 is 2.93 bits per heavy atom. The maximum atomic E-state index is 11.7. The van der Waals surface area contributed by atoms with Gasteiger partial charge in [-0.2, -0.15) is 0 Å². The van der Waals surface area contributed by atoms with E-state index < -0.39 is 0 Å². The Balaban J connectivity index is 1.91. The smallest absolute Gasteiger partial charge is 0.246 e. The number of carbonyl (C=O) groups is 1. The number of furan rings is 1. The highest BCUT2D eigenvalue weighted by atomic mass is 16.3. The van der Waals surface area contributed by atoms with Gasteiger partial charge in [0.15, 0.2) is 0 Å². The van der Waals surface area contributed by atoms with Crippen LogP contribution in [0.3, 0.4) is 0 Å². The SMILES string of the molecule is O=C(C=Cc1ccoc1)N1CCNCC1. The van der Waals surface area contributed by atoms with Crippen LogP contribution < -0.4 is 5.32 Å². The van der Waals surface area contributed by atoms with E-state index >= 15 is 0 Å². The molecule has 4 nitrogen and oxygen atoms in total. The van der Waals surface area contributed by atoms with Crippen molar-refractivity contribution in [2.45, 2.75) is 0 Å². The van der Waals surface area contributed by atoms with Gasteiger partial charge in [-0.15, -0.1) is 0 Å². The molecule has 0 bridgehead atoms. The van der Waals surface area contributed by atoms with Crippen molar-refractivity contribution in [2.24, 2.45) is 0 Å². The lowest BCUT2D eigenvalue weighted by Crippen LogP contribution is -2.45. The minimum Gasteiger partial charge on any atom is -0.472 e. The van der Waals surface area contributed by atoms with Gasteiger partial charge in [-0.05, 0) is 12.1 Å². The fourth-order valence-corrected chi connectivity index (χ4v) is 1.53. The largest absolute Gasteiger partial charge is 0.472 e. The summed E-state index contributed by atoms with van der Waals surface area (Å²) in [4.78, 5) is 13.5. The Labute approximate surface area is 88.6 Å². The van der Waals surface area contributed by atoms with Crippen LogP contribution in [0.2, 0.25) is 0 Å². The molecule has 0 unspecified atom stereocenters. The molecule has 1 aromatic heterocycles. The van der Waals surface area contributed by atoms with Gasteiger partial charge in [0.2, 0.25) is 5.91 Å². The minimum absolute atomic E-state index is 0.0673. The lowest BCUT2D eigenvalue weighted by molar-refractivity contribution is -0.126. The molecular weight excluding hydrogens is 192 g/mol. The van der Waals surface area contributed by atoms with Crippen molar-refractivity contribution in [3.63, 3.8) is 0 Å².